The van der Waals surface area contributed by atoms with E-state index in [1.54, 1.807) is 13.8 Å². The number of nitrogens with one attached hydrogen (secondary N) is 1. The Morgan fingerprint density at radius 2 is 1.51 bits per heavy atom. The third-order valence-electron chi connectivity index (χ3n) is 6.87. The van der Waals surface area contributed by atoms with Crippen molar-refractivity contribution in [3.63, 3.8) is 0 Å². The standard InChI is InChI=1S/C27H27N3O12S3/c1-13(2)22(31)14-4-5-15(18(12-14)27(32)30(3)10-11-43(33,34)35)21-16-6-8-19(28)25(44(36,37)38)23(16)42-24-17(21)7-9-20(29)26(24)45(39,40)41/h4-9,12-13,28H,10-11,29H2,1-3H3,(H,33,34,35)(H,36,37,38)(H,39,40,41). The zero-order valence-corrected chi connectivity index (χ0v) is 26.2. The molecule has 15 nitrogen and oxygen atoms in total. The van der Waals surface area contributed by atoms with Gasteiger partial charge in [0.15, 0.2) is 26.9 Å². The van der Waals surface area contributed by atoms with Gasteiger partial charge in [0.2, 0.25) is 0 Å². The van der Waals surface area contributed by atoms with Gasteiger partial charge in [-0.1, -0.05) is 26.0 Å². The van der Waals surface area contributed by atoms with Gasteiger partial charge in [-0.3, -0.25) is 28.7 Å². The molecule has 1 aliphatic carbocycles. The molecular weight excluding hydrogens is 655 g/mol. The van der Waals surface area contributed by atoms with E-state index in [4.69, 9.17) is 15.6 Å². The van der Waals surface area contributed by atoms with E-state index in [1.165, 1.54) is 37.4 Å². The molecule has 0 atom stereocenters. The minimum absolute atomic E-state index is 0.0464. The zero-order valence-electron chi connectivity index (χ0n) is 23.8. The molecule has 1 aliphatic heterocycles. The SMILES string of the molecule is CC(C)C(=O)c1ccc(-c2c3ccc(=N)c(S(=O)(=O)O)c-3oc3c(S(=O)(=O)O)c(N)ccc23)c(C(=O)N(C)CCS(=O)(=O)O)c1. The molecule has 240 valence electrons. The Hall–Kier alpha value is -4.20. The van der Waals surface area contributed by atoms with Gasteiger partial charge in [-0.05, 0) is 35.9 Å². The van der Waals surface area contributed by atoms with Crippen LogP contribution in [0.15, 0.2) is 56.7 Å². The van der Waals surface area contributed by atoms with Crippen molar-refractivity contribution in [2.75, 3.05) is 25.1 Å². The van der Waals surface area contributed by atoms with Crippen molar-refractivity contribution in [3.8, 4) is 22.5 Å². The number of nitrogen functional groups attached to an aromatic ring is 1. The van der Waals surface area contributed by atoms with Crippen LogP contribution < -0.4 is 11.1 Å². The van der Waals surface area contributed by atoms with E-state index in [9.17, 15) is 48.5 Å². The minimum atomic E-state index is -5.20. The lowest BCUT2D eigenvalue weighted by Crippen LogP contribution is -2.32. The molecule has 1 amide bonds. The van der Waals surface area contributed by atoms with Crippen LogP contribution >= 0.6 is 0 Å². The summed E-state index contributed by atoms with van der Waals surface area (Å²) in [5.74, 6) is -3.29. The Kier molecular flexibility index (Phi) is 8.70. The van der Waals surface area contributed by atoms with Gasteiger partial charge in [0.25, 0.3) is 36.3 Å². The normalized spacial score (nSPS) is 12.6. The second kappa shape index (κ2) is 11.6. The zero-order chi connectivity index (χ0) is 33.8. The fourth-order valence-electron chi connectivity index (χ4n) is 4.78. The third-order valence-corrected chi connectivity index (χ3v) is 9.43. The maximum Gasteiger partial charge on any atom is 0.300 e. The van der Waals surface area contributed by atoms with Gasteiger partial charge >= 0.3 is 0 Å². The van der Waals surface area contributed by atoms with Gasteiger partial charge in [-0.15, -0.1) is 0 Å². The molecule has 0 spiro atoms. The summed E-state index contributed by atoms with van der Waals surface area (Å²) in [6, 6.07) is 8.50. The molecule has 0 saturated carbocycles. The van der Waals surface area contributed by atoms with Crippen LogP contribution in [0.5, 0.6) is 0 Å². The van der Waals surface area contributed by atoms with E-state index in [0.717, 1.165) is 17.0 Å². The summed E-state index contributed by atoms with van der Waals surface area (Å²) in [6.45, 7) is 2.75. The highest BCUT2D eigenvalue weighted by molar-refractivity contribution is 7.86. The van der Waals surface area contributed by atoms with Crippen molar-refractivity contribution in [3.05, 3.63) is 58.9 Å². The molecule has 0 unspecified atom stereocenters. The fourth-order valence-corrected chi connectivity index (χ4v) is 6.77. The van der Waals surface area contributed by atoms with E-state index in [-0.39, 0.29) is 39.0 Å². The van der Waals surface area contributed by atoms with Crippen LogP contribution in [0.3, 0.4) is 0 Å². The van der Waals surface area contributed by atoms with E-state index >= 15 is 0 Å². The van der Waals surface area contributed by atoms with Crippen molar-refractivity contribution in [2.24, 2.45) is 5.92 Å². The van der Waals surface area contributed by atoms with Crippen LogP contribution in [0.2, 0.25) is 0 Å². The Morgan fingerprint density at radius 1 is 0.911 bits per heavy atom. The molecule has 0 bridgehead atoms. The van der Waals surface area contributed by atoms with Crippen LogP contribution in [0, 0.1) is 11.3 Å². The number of carbonyl (C=O) groups excluding carboxylic acids is 2. The van der Waals surface area contributed by atoms with Crippen molar-refractivity contribution in [2.45, 2.75) is 23.6 Å². The molecule has 0 radical (unpaired) electrons. The molecule has 6 N–H and O–H groups in total. The lowest BCUT2D eigenvalue weighted by molar-refractivity contribution is 0.0803. The Morgan fingerprint density at radius 3 is 2.07 bits per heavy atom. The lowest BCUT2D eigenvalue weighted by atomic mass is 9.88. The van der Waals surface area contributed by atoms with E-state index < -0.39 is 86.7 Å². The summed E-state index contributed by atoms with van der Waals surface area (Å²) in [5.41, 5.74) is 4.23. The predicted molar refractivity (Wildman–Crippen MR) is 161 cm³/mol. The second-order valence-electron chi connectivity index (χ2n) is 10.4. The largest absolute Gasteiger partial charge is 0.453 e. The Bertz CT molecular complexity index is 2260. The Labute approximate surface area is 257 Å². The quantitative estimate of drug-likeness (QED) is 0.0737. The first-order valence-corrected chi connectivity index (χ1v) is 17.3. The summed E-state index contributed by atoms with van der Waals surface area (Å²) >= 11 is 0. The molecule has 0 saturated heterocycles. The summed E-state index contributed by atoms with van der Waals surface area (Å²) < 4.78 is 107. The highest BCUT2D eigenvalue weighted by atomic mass is 32.2. The Balaban J connectivity index is 2.24. The summed E-state index contributed by atoms with van der Waals surface area (Å²) in [4.78, 5) is 25.7. The van der Waals surface area contributed by atoms with Crippen LogP contribution in [0.25, 0.3) is 33.4 Å². The van der Waals surface area contributed by atoms with Crippen molar-refractivity contribution in [1.82, 2.24) is 4.90 Å². The van der Waals surface area contributed by atoms with Crippen LogP contribution in [0.1, 0.15) is 34.6 Å². The topological polar surface area (TPSA) is 264 Å². The molecule has 1 heterocycles. The number of hydrogen-bond donors (Lipinski definition) is 5. The van der Waals surface area contributed by atoms with E-state index in [0.29, 0.717) is 0 Å². The summed E-state index contributed by atoms with van der Waals surface area (Å²) in [7, 11) is -13.6. The number of ketones is 1. The average Bonchev–Trinajstić information content (AvgIpc) is 2.91. The van der Waals surface area contributed by atoms with Gasteiger partial charge in [-0.25, -0.2) is 0 Å². The molecule has 0 aromatic heterocycles. The van der Waals surface area contributed by atoms with Crippen LogP contribution in [-0.4, -0.2) is 74.8 Å². The van der Waals surface area contributed by atoms with Gasteiger partial charge in [0, 0.05) is 47.2 Å². The number of nitrogens with two attached hydrogens (primary N) is 1. The summed E-state index contributed by atoms with van der Waals surface area (Å²) in [6.07, 6.45) is 0. The fraction of sp³-hybridized carbons (Fsp3) is 0.222. The highest BCUT2D eigenvalue weighted by Gasteiger charge is 2.32. The number of amides is 1. The number of rotatable bonds is 9. The molecule has 45 heavy (non-hydrogen) atoms. The van der Waals surface area contributed by atoms with Gasteiger partial charge in [0.05, 0.1) is 16.8 Å². The first-order chi connectivity index (χ1) is 20.6. The number of hydrogen-bond acceptors (Lipinski definition) is 11. The maximum absolute atomic E-state index is 13.8. The second-order valence-corrected chi connectivity index (χ2v) is 14.7. The molecule has 2 aliphatic rings. The number of anilines is 1. The molecule has 0 fully saturated rings. The van der Waals surface area contributed by atoms with Crippen molar-refractivity contribution >= 4 is 58.7 Å². The van der Waals surface area contributed by atoms with E-state index in [2.05, 4.69) is 0 Å². The highest BCUT2D eigenvalue weighted by Crippen LogP contribution is 2.46. The molecule has 2 aromatic carbocycles. The number of fused-ring (bicyclic) bond motifs is 2. The van der Waals surface area contributed by atoms with Crippen LogP contribution in [0.4, 0.5) is 5.69 Å². The molecule has 18 heteroatoms. The third kappa shape index (κ3) is 6.60. The lowest BCUT2D eigenvalue weighted by Gasteiger charge is -2.23. The van der Waals surface area contributed by atoms with Gasteiger partial charge in [-0.2, -0.15) is 25.3 Å². The van der Waals surface area contributed by atoms with Crippen molar-refractivity contribution < 1.29 is 52.9 Å². The number of Topliss-reactive ketones (excluding diaryl/α,β-unsaturated/α-hetero) is 1. The van der Waals surface area contributed by atoms with Crippen molar-refractivity contribution in [1.29, 1.82) is 5.41 Å². The number of benzene rings is 3. The smallest absolute Gasteiger partial charge is 0.300 e. The minimum Gasteiger partial charge on any atom is -0.453 e. The first-order valence-electron chi connectivity index (χ1n) is 12.8. The molecular formula is C27H27N3O12S3. The molecule has 4 rings (SSSR count). The maximum atomic E-state index is 13.8. The summed E-state index contributed by atoms with van der Waals surface area (Å²) in [5, 5.41) is 7.27. The molecule has 2 aromatic rings. The first kappa shape index (κ1) is 33.7. The predicted octanol–water partition coefficient (Wildman–Crippen LogP) is 2.56. The number of nitrogens with zero attached hydrogens (tertiary/aromatic N) is 1. The number of carbonyl (C=O) groups is 2. The monoisotopic (exact) mass is 681 g/mol. The van der Waals surface area contributed by atoms with Crippen LogP contribution in [-0.2, 0) is 30.4 Å². The van der Waals surface area contributed by atoms with Gasteiger partial charge < -0.3 is 15.1 Å². The van der Waals surface area contributed by atoms with Gasteiger partial charge in [0.1, 0.15) is 0 Å². The van der Waals surface area contributed by atoms with E-state index in [1.807, 2.05) is 0 Å². The average molecular weight is 682 g/mol.